The molecule has 0 spiro atoms. The molecule has 88 valence electrons. The van der Waals surface area contributed by atoms with Crippen LogP contribution in [0.3, 0.4) is 0 Å². The molecule has 1 amide bonds. The number of hydrogen-bond donors (Lipinski definition) is 2. The van der Waals surface area contributed by atoms with E-state index in [0.717, 1.165) is 12.2 Å². The first kappa shape index (κ1) is 12.4. The second kappa shape index (κ2) is 6.07. The molecule has 0 aliphatic rings. The number of hydrogen-bond acceptors (Lipinski definition) is 4. The Morgan fingerprint density at radius 1 is 1.62 bits per heavy atom. The van der Waals surface area contributed by atoms with Gasteiger partial charge in [-0.25, -0.2) is 4.98 Å². The average Bonchev–Trinajstić information content (AvgIpc) is 2.27. The Bertz CT molecular complexity index is 338. The van der Waals surface area contributed by atoms with Crippen LogP contribution in [0.5, 0.6) is 0 Å². The topological polar surface area (TPSA) is 77.2 Å². The van der Waals surface area contributed by atoms with Gasteiger partial charge >= 0.3 is 0 Å². The summed E-state index contributed by atoms with van der Waals surface area (Å²) in [5, 5.41) is 3.20. The summed E-state index contributed by atoms with van der Waals surface area (Å²) in [6.07, 6.45) is 2.36. The van der Waals surface area contributed by atoms with E-state index in [9.17, 15) is 4.79 Å². The molecule has 0 radical (unpaired) electrons. The lowest BCUT2D eigenvalue weighted by molar-refractivity contribution is 0.1000. The van der Waals surface area contributed by atoms with Crippen LogP contribution in [-0.4, -0.2) is 30.6 Å². The fraction of sp³-hybridized carbons (Fsp3) is 0.455. The Kier molecular flexibility index (Phi) is 4.72. The van der Waals surface area contributed by atoms with E-state index in [1.165, 1.54) is 6.20 Å². The van der Waals surface area contributed by atoms with E-state index in [1.807, 2.05) is 6.92 Å². The second-order valence-corrected chi connectivity index (χ2v) is 3.62. The molecule has 5 nitrogen and oxygen atoms in total. The van der Waals surface area contributed by atoms with E-state index < -0.39 is 5.91 Å². The highest BCUT2D eigenvalue weighted by Crippen LogP contribution is 2.07. The van der Waals surface area contributed by atoms with E-state index in [-0.39, 0.29) is 6.04 Å². The standard InChI is InChI=1S/C11H17N3O2/c1-8(5-6-16-2)14-10-4-3-9(7-13-10)11(12)15/h3-4,7-8H,5-6H2,1-2H3,(H2,12,15)(H,13,14). The number of primary amides is 1. The zero-order chi connectivity index (χ0) is 12.0. The molecule has 5 heteroatoms. The number of carbonyl (C=O) groups excluding carboxylic acids is 1. The molecule has 0 saturated carbocycles. The molecular weight excluding hydrogens is 206 g/mol. The van der Waals surface area contributed by atoms with Gasteiger partial charge in [0.05, 0.1) is 5.56 Å². The molecule has 0 aliphatic heterocycles. The van der Waals surface area contributed by atoms with Crippen molar-refractivity contribution in [1.29, 1.82) is 0 Å². The summed E-state index contributed by atoms with van der Waals surface area (Å²) in [5.41, 5.74) is 5.53. The van der Waals surface area contributed by atoms with E-state index in [1.54, 1.807) is 19.2 Å². The first-order chi connectivity index (χ1) is 7.63. The molecule has 1 atom stereocenters. The third kappa shape index (κ3) is 3.86. The number of ether oxygens (including phenoxy) is 1. The second-order valence-electron chi connectivity index (χ2n) is 3.62. The highest BCUT2D eigenvalue weighted by molar-refractivity contribution is 5.92. The molecule has 1 aromatic heterocycles. The van der Waals surface area contributed by atoms with Crippen molar-refractivity contribution in [3.8, 4) is 0 Å². The van der Waals surface area contributed by atoms with Gasteiger partial charge in [-0.15, -0.1) is 0 Å². The van der Waals surface area contributed by atoms with Gasteiger partial charge in [-0.3, -0.25) is 4.79 Å². The van der Waals surface area contributed by atoms with Crippen molar-refractivity contribution in [2.45, 2.75) is 19.4 Å². The van der Waals surface area contributed by atoms with Gasteiger partial charge in [0.1, 0.15) is 5.82 Å². The van der Waals surface area contributed by atoms with E-state index >= 15 is 0 Å². The van der Waals surface area contributed by atoms with Crippen LogP contribution in [0.4, 0.5) is 5.82 Å². The van der Waals surface area contributed by atoms with Gasteiger partial charge in [-0.1, -0.05) is 0 Å². The molecular formula is C11H17N3O2. The minimum absolute atomic E-state index is 0.270. The third-order valence-corrected chi connectivity index (χ3v) is 2.20. The number of nitrogens with two attached hydrogens (primary N) is 1. The van der Waals surface area contributed by atoms with Gasteiger partial charge in [0.2, 0.25) is 5.91 Å². The summed E-state index contributed by atoms with van der Waals surface area (Å²) in [7, 11) is 1.67. The number of rotatable bonds is 6. The highest BCUT2D eigenvalue weighted by atomic mass is 16.5. The molecule has 16 heavy (non-hydrogen) atoms. The molecule has 0 fully saturated rings. The number of nitrogens with zero attached hydrogens (tertiary/aromatic N) is 1. The quantitative estimate of drug-likeness (QED) is 0.754. The maximum absolute atomic E-state index is 10.8. The van der Waals surface area contributed by atoms with Gasteiger partial charge < -0.3 is 15.8 Å². The lowest BCUT2D eigenvalue weighted by atomic mass is 10.2. The SMILES string of the molecule is COCCC(C)Nc1ccc(C(N)=O)cn1. The highest BCUT2D eigenvalue weighted by Gasteiger charge is 2.04. The molecule has 0 bridgehead atoms. The Morgan fingerprint density at radius 3 is 2.88 bits per heavy atom. The maximum atomic E-state index is 10.8. The summed E-state index contributed by atoms with van der Waals surface area (Å²) in [6.45, 7) is 2.75. The molecule has 1 aromatic rings. The number of amides is 1. The number of carbonyl (C=O) groups is 1. The van der Waals surface area contributed by atoms with E-state index in [4.69, 9.17) is 10.5 Å². The van der Waals surface area contributed by atoms with E-state index in [0.29, 0.717) is 12.2 Å². The van der Waals surface area contributed by atoms with Crippen molar-refractivity contribution < 1.29 is 9.53 Å². The van der Waals surface area contributed by atoms with Crippen LogP contribution in [0.25, 0.3) is 0 Å². The van der Waals surface area contributed by atoms with Crippen molar-refractivity contribution in [3.63, 3.8) is 0 Å². The van der Waals surface area contributed by atoms with Gasteiger partial charge in [0.25, 0.3) is 0 Å². The van der Waals surface area contributed by atoms with Crippen LogP contribution in [0.15, 0.2) is 18.3 Å². The predicted octanol–water partition coefficient (Wildman–Crippen LogP) is 1.02. The minimum Gasteiger partial charge on any atom is -0.385 e. The molecule has 0 aliphatic carbocycles. The number of nitrogens with one attached hydrogen (secondary N) is 1. The first-order valence-corrected chi connectivity index (χ1v) is 5.15. The van der Waals surface area contributed by atoms with Crippen molar-refractivity contribution in [3.05, 3.63) is 23.9 Å². The molecule has 1 heterocycles. The summed E-state index contributed by atoms with van der Waals surface area (Å²) >= 11 is 0. The van der Waals surface area contributed by atoms with Crippen LogP contribution in [-0.2, 0) is 4.74 Å². The zero-order valence-electron chi connectivity index (χ0n) is 9.56. The molecule has 0 aromatic carbocycles. The van der Waals surface area contributed by atoms with Crippen molar-refractivity contribution in [1.82, 2.24) is 4.98 Å². The number of pyridine rings is 1. The van der Waals surface area contributed by atoms with Crippen molar-refractivity contribution in [2.24, 2.45) is 5.73 Å². The van der Waals surface area contributed by atoms with Crippen molar-refractivity contribution in [2.75, 3.05) is 19.0 Å². The largest absolute Gasteiger partial charge is 0.385 e. The lowest BCUT2D eigenvalue weighted by Crippen LogP contribution is -2.18. The van der Waals surface area contributed by atoms with Gasteiger partial charge in [0.15, 0.2) is 0 Å². The fourth-order valence-corrected chi connectivity index (χ4v) is 1.24. The summed E-state index contributed by atoms with van der Waals surface area (Å²) < 4.78 is 4.98. The minimum atomic E-state index is -0.466. The van der Waals surface area contributed by atoms with Gasteiger partial charge in [-0.05, 0) is 25.5 Å². The van der Waals surface area contributed by atoms with E-state index in [2.05, 4.69) is 10.3 Å². The molecule has 0 saturated heterocycles. The Labute approximate surface area is 95.0 Å². The van der Waals surface area contributed by atoms with Gasteiger partial charge in [0, 0.05) is 26.0 Å². The molecule has 1 unspecified atom stereocenters. The van der Waals surface area contributed by atoms with Crippen LogP contribution < -0.4 is 11.1 Å². The molecule has 1 rings (SSSR count). The van der Waals surface area contributed by atoms with Crippen molar-refractivity contribution >= 4 is 11.7 Å². The summed E-state index contributed by atoms with van der Waals surface area (Å²) in [4.78, 5) is 14.9. The average molecular weight is 223 g/mol. The van der Waals surface area contributed by atoms with Crippen LogP contribution in [0.1, 0.15) is 23.7 Å². The van der Waals surface area contributed by atoms with Crippen LogP contribution in [0.2, 0.25) is 0 Å². The van der Waals surface area contributed by atoms with Crippen LogP contribution >= 0.6 is 0 Å². The Balaban J connectivity index is 2.51. The number of methoxy groups -OCH3 is 1. The first-order valence-electron chi connectivity index (χ1n) is 5.15. The third-order valence-electron chi connectivity index (χ3n) is 2.20. The Morgan fingerprint density at radius 2 is 2.38 bits per heavy atom. The smallest absolute Gasteiger partial charge is 0.250 e. The lowest BCUT2D eigenvalue weighted by Gasteiger charge is -2.13. The monoisotopic (exact) mass is 223 g/mol. The molecule has 3 N–H and O–H groups in total. The van der Waals surface area contributed by atoms with Crippen LogP contribution in [0, 0.1) is 0 Å². The predicted molar refractivity (Wildman–Crippen MR) is 62.3 cm³/mol. The fourth-order valence-electron chi connectivity index (χ4n) is 1.24. The van der Waals surface area contributed by atoms with Gasteiger partial charge in [-0.2, -0.15) is 0 Å². The number of aromatic nitrogens is 1. The Hall–Kier alpha value is -1.62. The number of anilines is 1. The summed E-state index contributed by atoms with van der Waals surface area (Å²) in [6, 6.07) is 3.66. The summed E-state index contributed by atoms with van der Waals surface area (Å²) in [5.74, 6) is 0.264. The zero-order valence-corrected chi connectivity index (χ0v) is 9.56. The normalized spacial score (nSPS) is 12.1. The maximum Gasteiger partial charge on any atom is 0.250 e.